The molecule has 0 heterocycles. The van der Waals surface area contributed by atoms with E-state index in [-0.39, 0.29) is 11.8 Å². The predicted molar refractivity (Wildman–Crippen MR) is 62.4 cm³/mol. The van der Waals surface area contributed by atoms with Crippen molar-refractivity contribution in [2.45, 2.75) is 39.5 Å². The van der Waals surface area contributed by atoms with E-state index in [0.29, 0.717) is 6.54 Å². The number of rotatable bonds is 6. The van der Waals surface area contributed by atoms with Gasteiger partial charge in [0.15, 0.2) is 0 Å². The summed E-state index contributed by atoms with van der Waals surface area (Å²) in [4.78, 5) is 14.0. The molecule has 3 heteroatoms. The van der Waals surface area contributed by atoms with E-state index >= 15 is 0 Å². The van der Waals surface area contributed by atoms with Gasteiger partial charge in [0.2, 0.25) is 5.91 Å². The number of nitrogens with two attached hydrogens (primary N) is 1. The average molecular weight is 212 g/mol. The van der Waals surface area contributed by atoms with Gasteiger partial charge >= 0.3 is 0 Å². The second-order valence-corrected chi connectivity index (χ2v) is 4.65. The molecule has 1 amide bonds. The second-order valence-electron chi connectivity index (χ2n) is 4.65. The van der Waals surface area contributed by atoms with Gasteiger partial charge in [0.25, 0.3) is 0 Å². The van der Waals surface area contributed by atoms with Crippen molar-refractivity contribution in [2.75, 3.05) is 19.6 Å². The summed E-state index contributed by atoms with van der Waals surface area (Å²) in [7, 11) is 0. The summed E-state index contributed by atoms with van der Waals surface area (Å²) < 4.78 is 0. The van der Waals surface area contributed by atoms with E-state index in [9.17, 15) is 4.79 Å². The number of hydrogen-bond donors (Lipinski definition) is 1. The van der Waals surface area contributed by atoms with Gasteiger partial charge in [-0.05, 0) is 38.6 Å². The molecule has 1 saturated carbocycles. The van der Waals surface area contributed by atoms with E-state index in [1.54, 1.807) is 0 Å². The SMILES string of the molecule is CCN(CC1CCC1)C(=O)C(C)CCN. The van der Waals surface area contributed by atoms with Gasteiger partial charge in [0.1, 0.15) is 0 Å². The van der Waals surface area contributed by atoms with Crippen LogP contribution in [0.1, 0.15) is 39.5 Å². The molecule has 0 aromatic carbocycles. The van der Waals surface area contributed by atoms with Crippen LogP contribution in [0.3, 0.4) is 0 Å². The monoisotopic (exact) mass is 212 g/mol. The summed E-state index contributed by atoms with van der Waals surface area (Å²) in [5.41, 5.74) is 5.48. The molecule has 88 valence electrons. The summed E-state index contributed by atoms with van der Waals surface area (Å²) >= 11 is 0. The molecule has 1 fully saturated rings. The van der Waals surface area contributed by atoms with Gasteiger partial charge in [-0.15, -0.1) is 0 Å². The molecule has 0 bridgehead atoms. The van der Waals surface area contributed by atoms with Crippen molar-refractivity contribution in [1.82, 2.24) is 4.90 Å². The molecule has 15 heavy (non-hydrogen) atoms. The van der Waals surface area contributed by atoms with Gasteiger partial charge in [0, 0.05) is 19.0 Å². The van der Waals surface area contributed by atoms with Crippen LogP contribution in [0.2, 0.25) is 0 Å². The maximum atomic E-state index is 12.0. The lowest BCUT2D eigenvalue weighted by atomic mass is 9.85. The Morgan fingerprint density at radius 1 is 1.53 bits per heavy atom. The number of nitrogens with zero attached hydrogens (tertiary/aromatic N) is 1. The largest absolute Gasteiger partial charge is 0.342 e. The van der Waals surface area contributed by atoms with Crippen LogP contribution in [0.5, 0.6) is 0 Å². The molecule has 0 spiro atoms. The van der Waals surface area contributed by atoms with Crippen molar-refractivity contribution in [1.29, 1.82) is 0 Å². The maximum absolute atomic E-state index is 12.0. The highest BCUT2D eigenvalue weighted by Crippen LogP contribution is 2.27. The number of carbonyl (C=O) groups is 1. The summed E-state index contributed by atoms with van der Waals surface area (Å²) in [5.74, 6) is 1.14. The third kappa shape index (κ3) is 3.49. The summed E-state index contributed by atoms with van der Waals surface area (Å²) in [5, 5.41) is 0. The molecule has 1 aliphatic carbocycles. The fourth-order valence-electron chi connectivity index (χ4n) is 2.05. The summed E-state index contributed by atoms with van der Waals surface area (Å²) in [6.07, 6.45) is 4.75. The van der Waals surface area contributed by atoms with Crippen molar-refractivity contribution in [3.63, 3.8) is 0 Å². The van der Waals surface area contributed by atoms with Gasteiger partial charge < -0.3 is 10.6 Å². The minimum atomic E-state index is 0.0926. The lowest BCUT2D eigenvalue weighted by Crippen LogP contribution is -2.40. The minimum absolute atomic E-state index is 0.0926. The Balaban J connectivity index is 2.37. The van der Waals surface area contributed by atoms with Crippen molar-refractivity contribution < 1.29 is 4.79 Å². The Labute approximate surface area is 93.0 Å². The van der Waals surface area contributed by atoms with Gasteiger partial charge in [-0.3, -0.25) is 4.79 Å². The van der Waals surface area contributed by atoms with Crippen LogP contribution in [0.15, 0.2) is 0 Å². The van der Waals surface area contributed by atoms with Crippen LogP contribution < -0.4 is 5.73 Å². The zero-order chi connectivity index (χ0) is 11.3. The van der Waals surface area contributed by atoms with E-state index < -0.39 is 0 Å². The predicted octanol–water partition coefficient (Wildman–Crippen LogP) is 1.62. The van der Waals surface area contributed by atoms with Crippen molar-refractivity contribution in [2.24, 2.45) is 17.6 Å². The van der Waals surface area contributed by atoms with Crippen LogP contribution in [-0.2, 0) is 4.79 Å². The Kier molecular flexibility index (Phi) is 5.09. The Morgan fingerprint density at radius 2 is 2.20 bits per heavy atom. The van der Waals surface area contributed by atoms with Crippen LogP contribution in [0, 0.1) is 11.8 Å². The number of hydrogen-bond acceptors (Lipinski definition) is 2. The average Bonchev–Trinajstić information content (AvgIpc) is 2.16. The number of amides is 1. The molecule has 3 nitrogen and oxygen atoms in total. The zero-order valence-corrected chi connectivity index (χ0v) is 10.0. The highest BCUT2D eigenvalue weighted by Gasteiger charge is 2.24. The van der Waals surface area contributed by atoms with Crippen LogP contribution in [0.25, 0.3) is 0 Å². The second kappa shape index (κ2) is 6.11. The molecule has 1 unspecified atom stereocenters. The van der Waals surface area contributed by atoms with Crippen LogP contribution in [0.4, 0.5) is 0 Å². The van der Waals surface area contributed by atoms with Gasteiger partial charge in [-0.2, -0.15) is 0 Å². The minimum Gasteiger partial charge on any atom is -0.342 e. The van der Waals surface area contributed by atoms with Crippen molar-refractivity contribution >= 4 is 5.91 Å². The van der Waals surface area contributed by atoms with Gasteiger partial charge in [-0.25, -0.2) is 0 Å². The fourth-order valence-corrected chi connectivity index (χ4v) is 2.05. The van der Waals surface area contributed by atoms with Gasteiger partial charge in [-0.1, -0.05) is 13.3 Å². The molecule has 1 atom stereocenters. The first-order valence-electron chi connectivity index (χ1n) is 6.17. The van der Waals surface area contributed by atoms with E-state index in [0.717, 1.165) is 25.4 Å². The third-order valence-electron chi connectivity index (χ3n) is 3.42. The van der Waals surface area contributed by atoms with Crippen LogP contribution in [-0.4, -0.2) is 30.4 Å². The topological polar surface area (TPSA) is 46.3 Å². The van der Waals surface area contributed by atoms with Crippen molar-refractivity contribution in [3.05, 3.63) is 0 Å². The molecule has 2 N–H and O–H groups in total. The van der Waals surface area contributed by atoms with Gasteiger partial charge in [0.05, 0.1) is 0 Å². The van der Waals surface area contributed by atoms with Crippen molar-refractivity contribution in [3.8, 4) is 0 Å². The first-order valence-corrected chi connectivity index (χ1v) is 6.17. The first-order chi connectivity index (χ1) is 7.19. The lowest BCUT2D eigenvalue weighted by molar-refractivity contribution is -0.136. The molecule has 1 aliphatic rings. The molecule has 0 aromatic rings. The molecule has 0 radical (unpaired) electrons. The Bertz CT molecular complexity index is 202. The molecule has 1 rings (SSSR count). The Morgan fingerprint density at radius 3 is 2.60 bits per heavy atom. The maximum Gasteiger partial charge on any atom is 0.225 e. The fraction of sp³-hybridized carbons (Fsp3) is 0.917. The standard InChI is InChI=1S/C12H24N2O/c1-3-14(9-11-5-4-6-11)12(15)10(2)7-8-13/h10-11H,3-9,13H2,1-2H3. The highest BCUT2D eigenvalue weighted by molar-refractivity contribution is 5.78. The molecular formula is C12H24N2O. The quantitative estimate of drug-likeness (QED) is 0.727. The third-order valence-corrected chi connectivity index (χ3v) is 3.42. The molecule has 0 aromatic heterocycles. The summed E-state index contributed by atoms with van der Waals surface area (Å²) in [6.45, 7) is 6.45. The van der Waals surface area contributed by atoms with E-state index in [2.05, 4.69) is 6.92 Å². The first kappa shape index (κ1) is 12.5. The Hall–Kier alpha value is -0.570. The lowest BCUT2D eigenvalue weighted by Gasteiger charge is -2.33. The molecular weight excluding hydrogens is 188 g/mol. The molecule has 0 aliphatic heterocycles. The summed E-state index contributed by atoms with van der Waals surface area (Å²) in [6, 6.07) is 0. The highest BCUT2D eigenvalue weighted by atomic mass is 16.2. The number of carbonyl (C=O) groups excluding carboxylic acids is 1. The normalized spacial score (nSPS) is 18.3. The van der Waals surface area contributed by atoms with E-state index in [1.807, 2.05) is 11.8 Å². The van der Waals surface area contributed by atoms with E-state index in [1.165, 1.54) is 19.3 Å². The van der Waals surface area contributed by atoms with Crippen LogP contribution >= 0.6 is 0 Å². The molecule has 0 saturated heterocycles. The zero-order valence-electron chi connectivity index (χ0n) is 10.0. The van der Waals surface area contributed by atoms with E-state index in [4.69, 9.17) is 5.73 Å². The smallest absolute Gasteiger partial charge is 0.225 e.